The number of carbonyl (C=O) groups is 1. The van der Waals surface area contributed by atoms with E-state index in [4.69, 9.17) is 32.7 Å². The Morgan fingerprint density at radius 1 is 1.17 bits per heavy atom. The number of hydrogen-bond acceptors (Lipinski definition) is 5. The average molecular weight is 435 g/mol. The third-order valence-corrected chi connectivity index (χ3v) is 4.86. The molecule has 3 aromatic rings. The van der Waals surface area contributed by atoms with Crippen LogP contribution in [0.1, 0.15) is 18.7 Å². The summed E-state index contributed by atoms with van der Waals surface area (Å²) >= 11 is 12.0. The highest BCUT2D eigenvalue weighted by Crippen LogP contribution is 2.31. The van der Waals surface area contributed by atoms with Gasteiger partial charge in [-0.1, -0.05) is 29.3 Å². The van der Waals surface area contributed by atoms with Gasteiger partial charge in [0.1, 0.15) is 22.3 Å². The van der Waals surface area contributed by atoms with Crippen molar-refractivity contribution in [1.82, 2.24) is 20.5 Å². The molecule has 29 heavy (non-hydrogen) atoms. The van der Waals surface area contributed by atoms with Gasteiger partial charge in [0.2, 0.25) is 5.91 Å². The maximum atomic E-state index is 12.0. The fraction of sp³-hybridized carbons (Fsp3) is 0.250. The summed E-state index contributed by atoms with van der Waals surface area (Å²) in [5, 5.41) is 10.6. The predicted octanol–water partition coefficient (Wildman–Crippen LogP) is 4.26. The lowest BCUT2D eigenvalue weighted by atomic mass is 10.2. The third kappa shape index (κ3) is 5.85. The van der Waals surface area contributed by atoms with Crippen molar-refractivity contribution in [1.29, 1.82) is 0 Å². The topological polar surface area (TPSA) is 89.1 Å². The zero-order valence-corrected chi connectivity index (χ0v) is 17.3. The molecule has 1 amide bonds. The molecule has 0 aliphatic heterocycles. The molecule has 0 atom stereocenters. The number of rotatable bonds is 9. The van der Waals surface area contributed by atoms with E-state index in [2.05, 4.69) is 20.5 Å². The Morgan fingerprint density at radius 2 is 1.97 bits per heavy atom. The Balaban J connectivity index is 1.40. The molecule has 0 radical (unpaired) electrons. The van der Waals surface area contributed by atoms with Crippen molar-refractivity contribution in [3.8, 4) is 22.9 Å². The van der Waals surface area contributed by atoms with Gasteiger partial charge in [0.05, 0.1) is 25.3 Å². The van der Waals surface area contributed by atoms with E-state index in [9.17, 15) is 4.79 Å². The monoisotopic (exact) mass is 434 g/mol. The van der Waals surface area contributed by atoms with Gasteiger partial charge in [-0.2, -0.15) is 5.10 Å². The summed E-state index contributed by atoms with van der Waals surface area (Å²) in [6, 6.07) is 12.6. The molecule has 1 heterocycles. The normalized spacial score (nSPS) is 10.6. The molecule has 0 fully saturated rings. The fourth-order valence-corrected chi connectivity index (χ4v) is 2.87. The van der Waals surface area contributed by atoms with E-state index in [1.807, 2.05) is 24.3 Å². The van der Waals surface area contributed by atoms with Crippen LogP contribution in [0, 0.1) is 0 Å². The van der Waals surface area contributed by atoms with E-state index >= 15 is 0 Å². The van der Waals surface area contributed by atoms with Crippen LogP contribution in [-0.2, 0) is 11.3 Å². The first-order valence-electron chi connectivity index (χ1n) is 8.96. The predicted molar refractivity (Wildman–Crippen MR) is 111 cm³/mol. The number of methoxy groups -OCH3 is 1. The zero-order chi connectivity index (χ0) is 20.6. The Kier molecular flexibility index (Phi) is 7.32. The highest BCUT2D eigenvalue weighted by Gasteiger charge is 2.09. The van der Waals surface area contributed by atoms with Crippen molar-refractivity contribution in [2.24, 2.45) is 0 Å². The first kappa shape index (κ1) is 21.0. The van der Waals surface area contributed by atoms with Crippen LogP contribution in [0.25, 0.3) is 11.4 Å². The number of aromatic nitrogens is 3. The number of halogens is 2. The van der Waals surface area contributed by atoms with Crippen LogP contribution in [-0.4, -0.2) is 34.8 Å². The van der Waals surface area contributed by atoms with Crippen LogP contribution in [0.2, 0.25) is 10.0 Å². The minimum absolute atomic E-state index is 0.104. The summed E-state index contributed by atoms with van der Waals surface area (Å²) in [4.78, 5) is 16.4. The van der Waals surface area contributed by atoms with Gasteiger partial charge >= 0.3 is 0 Å². The number of carbonyl (C=O) groups excluding carboxylic acids is 1. The minimum atomic E-state index is -0.104. The van der Waals surface area contributed by atoms with E-state index in [-0.39, 0.29) is 12.5 Å². The first-order valence-corrected chi connectivity index (χ1v) is 9.71. The summed E-state index contributed by atoms with van der Waals surface area (Å²) in [6.45, 7) is 0.625. The van der Waals surface area contributed by atoms with Gasteiger partial charge in [0, 0.05) is 12.0 Å². The molecule has 3 rings (SSSR count). The molecule has 2 N–H and O–H groups in total. The summed E-state index contributed by atoms with van der Waals surface area (Å²) in [5.41, 5.74) is 0.858. The lowest BCUT2D eigenvalue weighted by molar-refractivity contribution is -0.121. The average Bonchev–Trinajstić information content (AvgIpc) is 3.21. The maximum absolute atomic E-state index is 12.0. The summed E-state index contributed by atoms with van der Waals surface area (Å²) in [6.07, 6.45) is 0.861. The van der Waals surface area contributed by atoms with E-state index in [1.54, 1.807) is 25.3 Å². The molecule has 7 nitrogen and oxygen atoms in total. The van der Waals surface area contributed by atoms with Crippen molar-refractivity contribution < 1.29 is 14.3 Å². The van der Waals surface area contributed by atoms with Gasteiger partial charge < -0.3 is 14.8 Å². The largest absolute Gasteiger partial charge is 0.497 e. The Bertz CT molecular complexity index is 961. The van der Waals surface area contributed by atoms with Gasteiger partial charge in [-0.05, 0) is 42.8 Å². The molecule has 0 saturated carbocycles. The van der Waals surface area contributed by atoms with Gasteiger partial charge in [-0.15, -0.1) is 0 Å². The van der Waals surface area contributed by atoms with E-state index in [0.29, 0.717) is 46.9 Å². The Hall–Kier alpha value is -2.77. The van der Waals surface area contributed by atoms with E-state index in [0.717, 1.165) is 11.3 Å². The molecular weight excluding hydrogens is 415 g/mol. The van der Waals surface area contributed by atoms with Crippen molar-refractivity contribution >= 4 is 29.1 Å². The first-order chi connectivity index (χ1) is 14.1. The van der Waals surface area contributed by atoms with Crippen LogP contribution in [0.3, 0.4) is 0 Å². The van der Waals surface area contributed by atoms with Gasteiger partial charge in [0.25, 0.3) is 0 Å². The van der Waals surface area contributed by atoms with Crippen molar-refractivity contribution in [2.45, 2.75) is 19.4 Å². The summed E-state index contributed by atoms with van der Waals surface area (Å²) < 4.78 is 10.7. The number of ether oxygens (including phenoxy) is 2. The molecule has 0 unspecified atom stereocenters. The molecule has 1 aromatic heterocycles. The van der Waals surface area contributed by atoms with Crippen LogP contribution in [0.5, 0.6) is 11.5 Å². The number of nitrogens with one attached hydrogen (secondary N) is 2. The Morgan fingerprint density at radius 3 is 2.72 bits per heavy atom. The number of H-pyrrole nitrogens is 1. The van der Waals surface area contributed by atoms with Gasteiger partial charge in [0.15, 0.2) is 5.82 Å². The highest BCUT2D eigenvalue weighted by atomic mass is 35.5. The van der Waals surface area contributed by atoms with Crippen LogP contribution in [0.4, 0.5) is 0 Å². The molecule has 0 aliphatic rings. The zero-order valence-electron chi connectivity index (χ0n) is 15.7. The number of benzene rings is 2. The fourth-order valence-electron chi connectivity index (χ4n) is 2.52. The quantitative estimate of drug-likeness (QED) is 0.491. The van der Waals surface area contributed by atoms with Crippen LogP contribution >= 0.6 is 23.2 Å². The molecule has 2 aromatic carbocycles. The molecule has 9 heteroatoms. The van der Waals surface area contributed by atoms with Gasteiger partial charge in [-0.25, -0.2) is 4.98 Å². The smallest absolute Gasteiger partial charge is 0.220 e. The number of aromatic amines is 1. The van der Waals surface area contributed by atoms with Gasteiger partial charge in [-0.3, -0.25) is 9.89 Å². The molecule has 152 valence electrons. The highest BCUT2D eigenvalue weighted by molar-refractivity contribution is 6.42. The van der Waals surface area contributed by atoms with Crippen LogP contribution < -0.4 is 14.8 Å². The minimum Gasteiger partial charge on any atom is -0.497 e. The second-order valence-electron chi connectivity index (χ2n) is 6.11. The van der Waals surface area contributed by atoms with E-state index in [1.165, 1.54) is 0 Å². The summed E-state index contributed by atoms with van der Waals surface area (Å²) in [7, 11) is 1.61. The maximum Gasteiger partial charge on any atom is 0.220 e. The molecule has 0 bridgehead atoms. The van der Waals surface area contributed by atoms with Crippen LogP contribution in [0.15, 0.2) is 42.5 Å². The number of hydrogen-bond donors (Lipinski definition) is 2. The number of amides is 1. The van der Waals surface area contributed by atoms with E-state index < -0.39 is 0 Å². The summed E-state index contributed by atoms with van der Waals surface area (Å²) in [5.74, 6) is 2.30. The molecule has 0 saturated heterocycles. The second-order valence-corrected chi connectivity index (χ2v) is 6.90. The molecule has 0 aliphatic carbocycles. The van der Waals surface area contributed by atoms with Crippen molar-refractivity contribution in [3.63, 3.8) is 0 Å². The standard InChI is InChI=1S/C20H20Cl2N4O3/c1-28-14-9-7-13(8-10-14)20-24-17(25-26-20)12-23-18(27)6-3-11-29-16-5-2-4-15(21)19(16)22/h2,4-5,7-10H,3,6,11-12H2,1H3,(H,23,27)(H,24,25,26). The van der Waals surface area contributed by atoms with Crippen molar-refractivity contribution in [3.05, 3.63) is 58.3 Å². The lowest BCUT2D eigenvalue weighted by Gasteiger charge is -2.08. The second kappa shape index (κ2) is 10.1. The molecule has 0 spiro atoms. The third-order valence-electron chi connectivity index (χ3n) is 4.05. The number of nitrogens with zero attached hydrogens (tertiary/aromatic N) is 2. The molecular formula is C20H20Cl2N4O3. The Labute approximate surface area is 178 Å². The van der Waals surface area contributed by atoms with Crippen molar-refractivity contribution in [2.75, 3.05) is 13.7 Å². The SMILES string of the molecule is COc1ccc(-c2n[nH]c(CNC(=O)CCCOc3cccc(Cl)c3Cl)n2)cc1. The lowest BCUT2D eigenvalue weighted by Crippen LogP contribution is -2.23.